The molecule has 0 fully saturated rings. The summed E-state index contributed by atoms with van der Waals surface area (Å²) in [5, 5.41) is 11.8. The van der Waals surface area contributed by atoms with Gasteiger partial charge in [-0.2, -0.15) is 5.10 Å². The molecule has 0 amide bonds. The van der Waals surface area contributed by atoms with Gasteiger partial charge in [-0.3, -0.25) is 4.98 Å². The molecule has 0 saturated carbocycles. The molecule has 0 atom stereocenters. The van der Waals surface area contributed by atoms with Crippen LogP contribution in [0.5, 0.6) is 0 Å². The van der Waals surface area contributed by atoms with Gasteiger partial charge >= 0.3 is 0 Å². The van der Waals surface area contributed by atoms with Gasteiger partial charge in [0.1, 0.15) is 0 Å². The topological polar surface area (TPSA) is 94.0 Å². The maximum absolute atomic E-state index is 5.74. The first kappa shape index (κ1) is 11.1. The third-order valence-electron chi connectivity index (χ3n) is 2.17. The fourth-order valence-electron chi connectivity index (χ4n) is 1.26. The average molecular weight is 231 g/mol. The van der Waals surface area contributed by atoms with Gasteiger partial charge in [-0.25, -0.2) is 10.1 Å². The maximum Gasteiger partial charge on any atom is 0.263 e. The minimum atomic E-state index is 0.409. The molecule has 3 N–H and O–H groups in total. The summed E-state index contributed by atoms with van der Waals surface area (Å²) in [5.74, 6) is 6.85. The maximum atomic E-state index is 5.74. The van der Waals surface area contributed by atoms with Crippen LogP contribution in [-0.2, 0) is 6.42 Å². The smallest absolute Gasteiger partial charge is 0.263 e. The van der Waals surface area contributed by atoms with Crippen molar-refractivity contribution in [3.8, 4) is 0 Å². The van der Waals surface area contributed by atoms with Gasteiger partial charge in [-0.15, -0.1) is 10.2 Å². The molecule has 2 rings (SSSR count). The molecule has 0 unspecified atom stereocenters. The number of anilines is 1. The van der Waals surface area contributed by atoms with Crippen molar-refractivity contribution in [2.75, 3.05) is 11.3 Å². The summed E-state index contributed by atoms with van der Waals surface area (Å²) in [6, 6.07) is 3.69. The van der Waals surface area contributed by atoms with Crippen molar-refractivity contribution in [1.29, 1.82) is 0 Å². The third kappa shape index (κ3) is 2.57. The number of nitrogens with one attached hydrogen (secondary N) is 1. The van der Waals surface area contributed by atoms with Crippen LogP contribution >= 0.6 is 0 Å². The first-order chi connectivity index (χ1) is 8.31. The molecule has 0 bridgehead atoms. The molecule has 7 nitrogen and oxygen atoms in total. The SMILES string of the molecule is CCc1nnc(N/N=C/c2ccncc2)n1N. The number of rotatable bonds is 4. The van der Waals surface area contributed by atoms with E-state index in [0.717, 1.165) is 12.0 Å². The van der Waals surface area contributed by atoms with E-state index < -0.39 is 0 Å². The molecule has 0 aliphatic heterocycles. The number of hydrazone groups is 1. The van der Waals surface area contributed by atoms with E-state index in [-0.39, 0.29) is 0 Å². The zero-order chi connectivity index (χ0) is 12.1. The summed E-state index contributed by atoms with van der Waals surface area (Å²) in [6.45, 7) is 1.96. The monoisotopic (exact) mass is 231 g/mol. The lowest BCUT2D eigenvalue weighted by molar-refractivity contribution is 0.855. The molecular formula is C10H13N7. The van der Waals surface area contributed by atoms with E-state index in [1.165, 1.54) is 4.68 Å². The Morgan fingerprint density at radius 2 is 2.18 bits per heavy atom. The Bertz CT molecular complexity index is 503. The number of nitrogens with two attached hydrogens (primary N) is 1. The molecule has 0 radical (unpaired) electrons. The first-order valence-electron chi connectivity index (χ1n) is 5.19. The largest absolute Gasteiger partial charge is 0.335 e. The molecule has 0 spiro atoms. The molecule has 88 valence electrons. The molecule has 2 heterocycles. The lowest BCUT2D eigenvalue weighted by Gasteiger charge is -2.00. The lowest BCUT2D eigenvalue weighted by Crippen LogP contribution is -2.14. The first-order valence-corrected chi connectivity index (χ1v) is 5.19. The number of nitrogens with zero attached hydrogens (tertiary/aromatic N) is 5. The molecule has 7 heteroatoms. The van der Waals surface area contributed by atoms with Crippen LogP contribution in [0, 0.1) is 0 Å². The lowest BCUT2D eigenvalue weighted by atomic mass is 10.3. The summed E-state index contributed by atoms with van der Waals surface area (Å²) in [5.41, 5.74) is 3.67. The van der Waals surface area contributed by atoms with Gasteiger partial charge in [-0.05, 0) is 17.7 Å². The Balaban J connectivity index is 2.03. The highest BCUT2D eigenvalue weighted by Crippen LogP contribution is 2.02. The van der Waals surface area contributed by atoms with E-state index in [1.807, 2.05) is 19.1 Å². The van der Waals surface area contributed by atoms with Gasteiger partial charge in [0.2, 0.25) is 0 Å². The predicted molar refractivity (Wildman–Crippen MR) is 65.0 cm³/mol. The second-order valence-corrected chi connectivity index (χ2v) is 3.31. The van der Waals surface area contributed by atoms with Gasteiger partial charge in [0, 0.05) is 18.8 Å². The van der Waals surface area contributed by atoms with Crippen LogP contribution in [0.3, 0.4) is 0 Å². The molecule has 2 aromatic rings. The number of aryl methyl sites for hydroxylation is 1. The zero-order valence-electron chi connectivity index (χ0n) is 9.41. The number of nitrogen functional groups attached to an aromatic ring is 1. The van der Waals surface area contributed by atoms with Crippen LogP contribution in [0.15, 0.2) is 29.6 Å². The number of aromatic nitrogens is 4. The summed E-state index contributed by atoms with van der Waals surface area (Å²) < 4.78 is 1.38. The Morgan fingerprint density at radius 3 is 2.82 bits per heavy atom. The van der Waals surface area contributed by atoms with Gasteiger partial charge < -0.3 is 5.84 Å². The third-order valence-corrected chi connectivity index (χ3v) is 2.17. The minimum absolute atomic E-state index is 0.409. The summed E-state index contributed by atoms with van der Waals surface area (Å²) in [4.78, 5) is 3.91. The second kappa shape index (κ2) is 5.06. The van der Waals surface area contributed by atoms with E-state index in [9.17, 15) is 0 Å². The Hall–Kier alpha value is -2.44. The Kier molecular flexibility index (Phi) is 3.29. The quantitative estimate of drug-likeness (QED) is 0.451. The highest BCUT2D eigenvalue weighted by molar-refractivity contribution is 5.79. The van der Waals surface area contributed by atoms with E-state index >= 15 is 0 Å². The highest BCUT2D eigenvalue weighted by atomic mass is 15.5. The van der Waals surface area contributed by atoms with E-state index in [1.54, 1.807) is 18.6 Å². The van der Waals surface area contributed by atoms with Crippen molar-refractivity contribution in [3.63, 3.8) is 0 Å². The van der Waals surface area contributed by atoms with Crippen molar-refractivity contribution >= 4 is 12.2 Å². The molecular weight excluding hydrogens is 218 g/mol. The normalized spacial score (nSPS) is 10.9. The van der Waals surface area contributed by atoms with E-state index in [4.69, 9.17) is 5.84 Å². The van der Waals surface area contributed by atoms with Crippen molar-refractivity contribution in [1.82, 2.24) is 19.9 Å². The number of hydrogen-bond acceptors (Lipinski definition) is 6. The fourth-order valence-corrected chi connectivity index (χ4v) is 1.26. The molecule has 0 aromatic carbocycles. The average Bonchev–Trinajstić information content (AvgIpc) is 2.72. The molecule has 0 aliphatic rings. The van der Waals surface area contributed by atoms with Crippen LogP contribution in [0.25, 0.3) is 0 Å². The summed E-state index contributed by atoms with van der Waals surface area (Å²) >= 11 is 0. The van der Waals surface area contributed by atoms with E-state index in [2.05, 4.69) is 25.7 Å². The van der Waals surface area contributed by atoms with Crippen molar-refractivity contribution in [2.45, 2.75) is 13.3 Å². The van der Waals surface area contributed by atoms with Crippen molar-refractivity contribution < 1.29 is 0 Å². The standard InChI is InChI=1S/C10H13N7/c1-2-9-14-16-10(17(9)11)15-13-7-8-3-5-12-6-4-8/h3-7H,2,11H2,1H3,(H,15,16)/b13-7+. The molecule has 17 heavy (non-hydrogen) atoms. The Labute approximate surface area is 98.4 Å². The summed E-state index contributed by atoms with van der Waals surface area (Å²) in [6.07, 6.45) is 5.77. The van der Waals surface area contributed by atoms with E-state index in [0.29, 0.717) is 11.8 Å². The predicted octanol–water partition coefficient (Wildman–Crippen LogP) is 0.395. The van der Waals surface area contributed by atoms with Gasteiger partial charge in [0.15, 0.2) is 5.82 Å². The van der Waals surface area contributed by atoms with Crippen LogP contribution < -0.4 is 11.3 Å². The van der Waals surface area contributed by atoms with Crippen molar-refractivity contribution in [2.24, 2.45) is 5.10 Å². The second-order valence-electron chi connectivity index (χ2n) is 3.31. The number of pyridine rings is 1. The van der Waals surface area contributed by atoms with Crippen LogP contribution in [-0.4, -0.2) is 26.1 Å². The van der Waals surface area contributed by atoms with Crippen molar-refractivity contribution in [3.05, 3.63) is 35.9 Å². The molecule has 2 aromatic heterocycles. The minimum Gasteiger partial charge on any atom is -0.335 e. The zero-order valence-corrected chi connectivity index (χ0v) is 9.41. The fraction of sp³-hybridized carbons (Fsp3) is 0.200. The molecule has 0 saturated heterocycles. The highest BCUT2D eigenvalue weighted by Gasteiger charge is 2.05. The Morgan fingerprint density at radius 1 is 1.41 bits per heavy atom. The van der Waals surface area contributed by atoms with Gasteiger partial charge in [-0.1, -0.05) is 6.92 Å². The van der Waals surface area contributed by atoms with Gasteiger partial charge in [0.05, 0.1) is 6.21 Å². The van der Waals surface area contributed by atoms with Crippen LogP contribution in [0.1, 0.15) is 18.3 Å². The van der Waals surface area contributed by atoms with Crippen LogP contribution in [0.4, 0.5) is 5.95 Å². The molecule has 0 aliphatic carbocycles. The number of hydrogen-bond donors (Lipinski definition) is 2. The summed E-state index contributed by atoms with van der Waals surface area (Å²) in [7, 11) is 0. The van der Waals surface area contributed by atoms with Gasteiger partial charge in [0.25, 0.3) is 5.95 Å². The van der Waals surface area contributed by atoms with Crippen LogP contribution in [0.2, 0.25) is 0 Å².